The van der Waals surface area contributed by atoms with Gasteiger partial charge in [-0.05, 0) is 54.0 Å². The molecular formula is C15H20N2O3S. The minimum atomic E-state index is -0.935. The summed E-state index contributed by atoms with van der Waals surface area (Å²) in [5, 5.41) is 13.1. The standard InChI is InChI=1S/C15H20N2O3S/c18-14(19)9-16(7-11-1-2-11)15(20)17(13-3-4-13)8-12-5-6-21-10-12/h5-6,10-11,13H,1-4,7-9H2,(H,18,19). The van der Waals surface area contributed by atoms with Crippen LogP contribution in [0.5, 0.6) is 0 Å². The van der Waals surface area contributed by atoms with Crippen LogP contribution in [0.15, 0.2) is 16.8 Å². The van der Waals surface area contributed by atoms with Crippen LogP contribution in [-0.4, -0.2) is 46.0 Å². The lowest BCUT2D eigenvalue weighted by Crippen LogP contribution is -2.46. The van der Waals surface area contributed by atoms with Crippen molar-refractivity contribution in [3.63, 3.8) is 0 Å². The second-order valence-electron chi connectivity index (χ2n) is 5.99. The summed E-state index contributed by atoms with van der Waals surface area (Å²) >= 11 is 1.62. The zero-order valence-corrected chi connectivity index (χ0v) is 12.7. The molecule has 2 fully saturated rings. The van der Waals surface area contributed by atoms with Crippen molar-refractivity contribution in [3.8, 4) is 0 Å². The minimum absolute atomic E-state index is 0.113. The number of carbonyl (C=O) groups excluding carboxylic acids is 1. The lowest BCUT2D eigenvalue weighted by atomic mass is 10.3. The number of nitrogens with zero attached hydrogens (tertiary/aromatic N) is 2. The van der Waals surface area contributed by atoms with Gasteiger partial charge < -0.3 is 14.9 Å². The predicted molar refractivity (Wildman–Crippen MR) is 80.2 cm³/mol. The number of thiophene rings is 1. The molecule has 0 radical (unpaired) electrons. The van der Waals surface area contributed by atoms with Crippen LogP contribution in [0.1, 0.15) is 31.2 Å². The van der Waals surface area contributed by atoms with E-state index < -0.39 is 5.97 Å². The summed E-state index contributed by atoms with van der Waals surface area (Å²) in [6, 6.07) is 2.20. The van der Waals surface area contributed by atoms with Gasteiger partial charge in [0.25, 0.3) is 0 Å². The maximum atomic E-state index is 12.7. The number of hydrogen-bond acceptors (Lipinski definition) is 3. The van der Waals surface area contributed by atoms with Gasteiger partial charge in [-0.1, -0.05) is 0 Å². The van der Waals surface area contributed by atoms with E-state index in [4.69, 9.17) is 5.11 Å². The fourth-order valence-corrected chi connectivity index (χ4v) is 3.15. The molecular weight excluding hydrogens is 288 g/mol. The molecule has 2 saturated carbocycles. The predicted octanol–water partition coefficient (Wildman–Crippen LogP) is 2.63. The van der Waals surface area contributed by atoms with E-state index in [1.54, 1.807) is 11.3 Å². The zero-order valence-electron chi connectivity index (χ0n) is 11.9. The number of aliphatic carboxylic acids is 1. The van der Waals surface area contributed by atoms with Crippen molar-refractivity contribution in [2.45, 2.75) is 38.3 Å². The largest absolute Gasteiger partial charge is 0.480 e. The Kier molecular flexibility index (Phi) is 4.14. The maximum Gasteiger partial charge on any atom is 0.323 e. The Bertz CT molecular complexity index is 509. The molecule has 0 aromatic carbocycles. The molecule has 5 nitrogen and oxygen atoms in total. The SMILES string of the molecule is O=C(O)CN(CC1CC1)C(=O)N(Cc1ccsc1)C1CC1. The first kappa shape index (κ1) is 14.4. The van der Waals surface area contributed by atoms with Crippen molar-refractivity contribution in [1.29, 1.82) is 0 Å². The summed E-state index contributed by atoms with van der Waals surface area (Å²) in [4.78, 5) is 27.1. The molecule has 1 heterocycles. The fraction of sp³-hybridized carbons (Fsp3) is 0.600. The van der Waals surface area contributed by atoms with E-state index in [9.17, 15) is 9.59 Å². The first-order valence-electron chi connectivity index (χ1n) is 7.42. The summed E-state index contributed by atoms with van der Waals surface area (Å²) in [6.07, 6.45) is 4.27. The van der Waals surface area contributed by atoms with Crippen LogP contribution in [0, 0.1) is 5.92 Å². The van der Waals surface area contributed by atoms with Gasteiger partial charge in [-0.3, -0.25) is 4.79 Å². The molecule has 0 aliphatic heterocycles. The number of carbonyl (C=O) groups is 2. The molecule has 21 heavy (non-hydrogen) atoms. The Labute approximate surface area is 128 Å². The number of rotatable bonds is 7. The Hall–Kier alpha value is -1.56. The first-order valence-corrected chi connectivity index (χ1v) is 8.36. The summed E-state index contributed by atoms with van der Waals surface area (Å²) in [6.45, 7) is 0.980. The molecule has 1 N–H and O–H groups in total. The maximum absolute atomic E-state index is 12.7. The monoisotopic (exact) mass is 308 g/mol. The smallest absolute Gasteiger partial charge is 0.323 e. The van der Waals surface area contributed by atoms with Gasteiger partial charge in [0, 0.05) is 19.1 Å². The molecule has 2 aliphatic rings. The van der Waals surface area contributed by atoms with Crippen LogP contribution in [0.3, 0.4) is 0 Å². The second kappa shape index (κ2) is 6.05. The Morgan fingerprint density at radius 3 is 2.57 bits per heavy atom. The molecule has 1 aromatic heterocycles. The van der Waals surface area contributed by atoms with Crippen LogP contribution in [0.25, 0.3) is 0 Å². The van der Waals surface area contributed by atoms with Crippen molar-refractivity contribution in [3.05, 3.63) is 22.4 Å². The Morgan fingerprint density at radius 1 is 1.29 bits per heavy atom. The summed E-state index contributed by atoms with van der Waals surface area (Å²) in [7, 11) is 0. The van der Waals surface area contributed by atoms with Crippen LogP contribution in [-0.2, 0) is 11.3 Å². The highest BCUT2D eigenvalue weighted by Gasteiger charge is 2.37. The van der Waals surface area contributed by atoms with Crippen LogP contribution < -0.4 is 0 Å². The summed E-state index contributed by atoms with van der Waals surface area (Å²) in [5.41, 5.74) is 1.13. The van der Waals surface area contributed by atoms with Crippen molar-refractivity contribution >= 4 is 23.3 Å². The van der Waals surface area contributed by atoms with Gasteiger partial charge in [0.1, 0.15) is 6.54 Å². The molecule has 0 unspecified atom stereocenters. The third-order valence-corrected chi connectivity index (χ3v) is 4.67. The van der Waals surface area contributed by atoms with Gasteiger partial charge >= 0.3 is 12.0 Å². The van der Waals surface area contributed by atoms with Crippen molar-refractivity contribution in [2.75, 3.05) is 13.1 Å². The van der Waals surface area contributed by atoms with E-state index in [1.165, 1.54) is 4.90 Å². The molecule has 0 spiro atoms. The van der Waals surface area contributed by atoms with Crippen LogP contribution in [0.2, 0.25) is 0 Å². The van der Waals surface area contributed by atoms with Crippen molar-refractivity contribution in [2.24, 2.45) is 5.92 Å². The molecule has 0 saturated heterocycles. The van der Waals surface area contributed by atoms with E-state index >= 15 is 0 Å². The van der Waals surface area contributed by atoms with Gasteiger partial charge in [-0.15, -0.1) is 0 Å². The van der Waals surface area contributed by atoms with Crippen molar-refractivity contribution in [1.82, 2.24) is 9.80 Å². The number of carboxylic acids is 1. The number of amides is 2. The number of hydrogen-bond donors (Lipinski definition) is 1. The molecule has 2 amide bonds. The van der Waals surface area contributed by atoms with E-state index in [2.05, 4.69) is 0 Å². The van der Waals surface area contributed by atoms with Gasteiger partial charge in [0.2, 0.25) is 0 Å². The number of carboxylic acid groups (broad SMARTS) is 1. The van der Waals surface area contributed by atoms with Crippen molar-refractivity contribution < 1.29 is 14.7 Å². The van der Waals surface area contributed by atoms with Gasteiger partial charge in [0.05, 0.1) is 0 Å². The van der Waals surface area contributed by atoms with Gasteiger partial charge in [0.15, 0.2) is 0 Å². The molecule has 114 valence electrons. The average Bonchev–Trinajstić information content (AvgIpc) is 3.36. The molecule has 0 bridgehead atoms. The highest BCUT2D eigenvalue weighted by molar-refractivity contribution is 7.07. The van der Waals surface area contributed by atoms with E-state index in [-0.39, 0.29) is 18.6 Å². The van der Waals surface area contributed by atoms with Crippen LogP contribution >= 0.6 is 11.3 Å². The average molecular weight is 308 g/mol. The third-order valence-electron chi connectivity index (χ3n) is 3.94. The highest BCUT2D eigenvalue weighted by atomic mass is 32.1. The summed E-state index contributed by atoms with van der Waals surface area (Å²) < 4.78 is 0. The molecule has 3 rings (SSSR count). The van der Waals surface area contributed by atoms with E-state index in [0.717, 1.165) is 31.2 Å². The lowest BCUT2D eigenvalue weighted by Gasteiger charge is -2.30. The molecule has 2 aliphatic carbocycles. The highest BCUT2D eigenvalue weighted by Crippen LogP contribution is 2.32. The minimum Gasteiger partial charge on any atom is -0.480 e. The number of urea groups is 1. The second-order valence-corrected chi connectivity index (χ2v) is 6.77. The fourth-order valence-electron chi connectivity index (χ4n) is 2.49. The van der Waals surface area contributed by atoms with E-state index in [0.29, 0.717) is 19.0 Å². The quantitative estimate of drug-likeness (QED) is 0.842. The Balaban J connectivity index is 1.69. The first-order chi connectivity index (χ1) is 10.1. The summed E-state index contributed by atoms with van der Waals surface area (Å²) in [5.74, 6) is -0.439. The third kappa shape index (κ3) is 3.97. The molecule has 1 aromatic rings. The topological polar surface area (TPSA) is 60.9 Å². The molecule has 6 heteroatoms. The normalized spacial score (nSPS) is 17.5. The molecule has 0 atom stereocenters. The lowest BCUT2D eigenvalue weighted by molar-refractivity contribution is -0.137. The zero-order chi connectivity index (χ0) is 14.8. The van der Waals surface area contributed by atoms with Crippen LogP contribution in [0.4, 0.5) is 4.79 Å². The van der Waals surface area contributed by atoms with Gasteiger partial charge in [-0.25, -0.2) is 4.79 Å². The van der Waals surface area contributed by atoms with E-state index in [1.807, 2.05) is 21.7 Å². The Morgan fingerprint density at radius 2 is 2.05 bits per heavy atom. The van der Waals surface area contributed by atoms with Gasteiger partial charge in [-0.2, -0.15) is 11.3 Å².